The van der Waals surface area contributed by atoms with E-state index in [1.807, 2.05) is 0 Å². The summed E-state index contributed by atoms with van der Waals surface area (Å²) in [6, 6.07) is 2.97. The van der Waals surface area contributed by atoms with Crippen molar-refractivity contribution in [2.75, 3.05) is 13.7 Å². The van der Waals surface area contributed by atoms with Gasteiger partial charge in [-0.25, -0.2) is 4.39 Å². The van der Waals surface area contributed by atoms with E-state index in [4.69, 9.17) is 4.74 Å². The molecular weight excluding hydrogens is 253 g/mol. The molecule has 0 spiro atoms. The summed E-state index contributed by atoms with van der Waals surface area (Å²) in [7, 11) is 1.46. The van der Waals surface area contributed by atoms with Crippen LogP contribution in [0, 0.1) is 5.82 Å². The van der Waals surface area contributed by atoms with E-state index in [2.05, 4.69) is 25.9 Å². The SMILES string of the molecule is CO/N=C1/COc2cc(F)c(Br)cc21. The van der Waals surface area contributed by atoms with Crippen LogP contribution < -0.4 is 4.74 Å². The summed E-state index contributed by atoms with van der Waals surface area (Å²) >= 11 is 3.10. The van der Waals surface area contributed by atoms with Crippen molar-refractivity contribution in [2.24, 2.45) is 5.16 Å². The monoisotopic (exact) mass is 259 g/mol. The average molecular weight is 260 g/mol. The molecule has 1 aliphatic rings. The Bertz CT molecular complexity index is 406. The van der Waals surface area contributed by atoms with Gasteiger partial charge in [0.05, 0.1) is 4.47 Å². The van der Waals surface area contributed by atoms with Gasteiger partial charge in [0.2, 0.25) is 0 Å². The Morgan fingerprint density at radius 3 is 3.07 bits per heavy atom. The van der Waals surface area contributed by atoms with E-state index in [-0.39, 0.29) is 5.82 Å². The van der Waals surface area contributed by atoms with Gasteiger partial charge in [-0.05, 0) is 22.0 Å². The number of hydrogen-bond acceptors (Lipinski definition) is 3. The molecule has 1 aliphatic heterocycles. The standard InChI is InChI=1S/C9H7BrFNO2/c1-13-12-8-4-14-9-3-7(11)6(10)2-5(8)9/h2-3H,4H2,1H3/b12-8-. The highest BCUT2D eigenvalue weighted by Crippen LogP contribution is 2.30. The third-order valence-corrected chi connectivity index (χ3v) is 2.51. The number of ether oxygens (including phenoxy) is 1. The molecule has 0 unspecified atom stereocenters. The van der Waals surface area contributed by atoms with Crippen LogP contribution in [0.4, 0.5) is 4.39 Å². The maximum Gasteiger partial charge on any atom is 0.141 e. The second-order valence-corrected chi connectivity index (χ2v) is 3.63. The first kappa shape index (κ1) is 9.45. The van der Waals surface area contributed by atoms with Crippen LogP contribution in [-0.2, 0) is 4.84 Å². The van der Waals surface area contributed by atoms with Gasteiger partial charge < -0.3 is 9.57 Å². The average Bonchev–Trinajstić information content (AvgIpc) is 2.51. The van der Waals surface area contributed by atoms with Gasteiger partial charge in [0.15, 0.2) is 0 Å². The number of benzene rings is 1. The summed E-state index contributed by atoms with van der Waals surface area (Å²) in [5.41, 5.74) is 1.43. The Kier molecular flexibility index (Phi) is 2.41. The largest absolute Gasteiger partial charge is 0.486 e. The van der Waals surface area contributed by atoms with E-state index in [1.54, 1.807) is 6.07 Å². The number of halogens is 2. The zero-order valence-corrected chi connectivity index (χ0v) is 8.97. The van der Waals surface area contributed by atoms with Crippen LogP contribution in [0.2, 0.25) is 0 Å². The van der Waals surface area contributed by atoms with Gasteiger partial charge in [-0.2, -0.15) is 0 Å². The predicted octanol–water partition coefficient (Wildman–Crippen LogP) is 2.33. The van der Waals surface area contributed by atoms with Gasteiger partial charge in [-0.15, -0.1) is 0 Å². The molecule has 2 rings (SSSR count). The van der Waals surface area contributed by atoms with Crippen LogP contribution in [-0.4, -0.2) is 19.4 Å². The zero-order chi connectivity index (χ0) is 10.1. The van der Waals surface area contributed by atoms with Crippen molar-refractivity contribution < 1.29 is 14.0 Å². The minimum absolute atomic E-state index is 0.319. The Balaban J connectivity index is 2.50. The molecule has 0 N–H and O–H groups in total. The van der Waals surface area contributed by atoms with E-state index >= 15 is 0 Å². The third-order valence-electron chi connectivity index (χ3n) is 1.90. The smallest absolute Gasteiger partial charge is 0.141 e. The van der Waals surface area contributed by atoms with E-state index in [9.17, 15) is 4.39 Å². The summed E-state index contributed by atoms with van der Waals surface area (Å²) in [6.45, 7) is 0.319. The van der Waals surface area contributed by atoms with Crippen LogP contribution in [0.15, 0.2) is 21.8 Å². The molecule has 1 heterocycles. The van der Waals surface area contributed by atoms with Gasteiger partial charge in [0.1, 0.15) is 31.0 Å². The molecule has 1 aromatic carbocycles. The van der Waals surface area contributed by atoms with Crippen molar-refractivity contribution in [3.8, 4) is 5.75 Å². The third kappa shape index (κ3) is 1.48. The molecule has 0 atom stereocenters. The molecule has 5 heteroatoms. The van der Waals surface area contributed by atoms with Crippen molar-refractivity contribution in [2.45, 2.75) is 0 Å². The van der Waals surface area contributed by atoms with E-state index in [1.165, 1.54) is 13.2 Å². The van der Waals surface area contributed by atoms with Gasteiger partial charge in [0, 0.05) is 11.6 Å². The Morgan fingerprint density at radius 2 is 2.36 bits per heavy atom. The topological polar surface area (TPSA) is 30.8 Å². The maximum absolute atomic E-state index is 13.1. The van der Waals surface area contributed by atoms with Crippen LogP contribution >= 0.6 is 15.9 Å². The van der Waals surface area contributed by atoms with E-state index in [0.29, 0.717) is 22.5 Å². The molecule has 3 nitrogen and oxygen atoms in total. The van der Waals surface area contributed by atoms with Gasteiger partial charge in [-0.1, -0.05) is 5.16 Å². The van der Waals surface area contributed by atoms with Crippen LogP contribution in [0.5, 0.6) is 5.75 Å². The minimum atomic E-state index is -0.345. The summed E-state index contributed by atoms with van der Waals surface area (Å²) in [5, 5.41) is 3.78. The normalized spacial score (nSPS) is 16.6. The Hall–Kier alpha value is -1.10. The second kappa shape index (κ2) is 3.57. The lowest BCUT2D eigenvalue weighted by atomic mass is 10.1. The molecule has 0 aliphatic carbocycles. The lowest BCUT2D eigenvalue weighted by Gasteiger charge is -1.99. The van der Waals surface area contributed by atoms with Crippen molar-refractivity contribution >= 4 is 21.6 Å². The highest BCUT2D eigenvalue weighted by Gasteiger charge is 2.22. The molecule has 0 saturated heterocycles. The molecule has 0 amide bonds. The lowest BCUT2D eigenvalue weighted by Crippen LogP contribution is -2.02. The first-order valence-electron chi connectivity index (χ1n) is 3.94. The van der Waals surface area contributed by atoms with Crippen molar-refractivity contribution in [3.05, 3.63) is 28.0 Å². The van der Waals surface area contributed by atoms with E-state index < -0.39 is 0 Å². The molecule has 0 radical (unpaired) electrons. The van der Waals surface area contributed by atoms with Crippen LogP contribution in [0.25, 0.3) is 0 Å². The van der Waals surface area contributed by atoms with Gasteiger partial charge >= 0.3 is 0 Å². The van der Waals surface area contributed by atoms with Crippen LogP contribution in [0.3, 0.4) is 0 Å². The molecule has 74 valence electrons. The molecule has 0 bridgehead atoms. The van der Waals surface area contributed by atoms with Crippen molar-refractivity contribution in [1.82, 2.24) is 0 Å². The summed E-state index contributed by atoms with van der Waals surface area (Å²) < 4.78 is 18.7. The van der Waals surface area contributed by atoms with Crippen molar-refractivity contribution in [3.63, 3.8) is 0 Å². The highest BCUT2D eigenvalue weighted by molar-refractivity contribution is 9.10. The molecule has 0 fully saturated rings. The Labute approximate surface area is 88.6 Å². The minimum Gasteiger partial charge on any atom is -0.486 e. The van der Waals surface area contributed by atoms with Gasteiger partial charge in [0.25, 0.3) is 0 Å². The predicted molar refractivity (Wildman–Crippen MR) is 53.1 cm³/mol. The number of oxime groups is 1. The fourth-order valence-electron chi connectivity index (χ4n) is 1.28. The summed E-state index contributed by atoms with van der Waals surface area (Å²) in [4.78, 5) is 4.65. The number of rotatable bonds is 1. The number of hydrogen-bond donors (Lipinski definition) is 0. The maximum atomic E-state index is 13.1. The molecule has 0 aromatic heterocycles. The molecule has 1 aromatic rings. The number of fused-ring (bicyclic) bond motifs is 1. The van der Waals surface area contributed by atoms with E-state index in [0.717, 1.165) is 5.56 Å². The summed E-state index contributed by atoms with van der Waals surface area (Å²) in [5.74, 6) is 0.156. The lowest BCUT2D eigenvalue weighted by molar-refractivity contribution is 0.211. The zero-order valence-electron chi connectivity index (χ0n) is 7.38. The first-order valence-corrected chi connectivity index (χ1v) is 4.74. The highest BCUT2D eigenvalue weighted by atomic mass is 79.9. The quantitative estimate of drug-likeness (QED) is 0.725. The second-order valence-electron chi connectivity index (χ2n) is 2.77. The first-order chi connectivity index (χ1) is 6.72. The molecule has 14 heavy (non-hydrogen) atoms. The van der Waals surface area contributed by atoms with Gasteiger partial charge in [-0.3, -0.25) is 0 Å². The number of nitrogens with zero attached hydrogens (tertiary/aromatic N) is 1. The van der Waals surface area contributed by atoms with Crippen LogP contribution in [0.1, 0.15) is 5.56 Å². The molecular formula is C9H7BrFNO2. The summed E-state index contributed by atoms with van der Waals surface area (Å²) in [6.07, 6.45) is 0. The molecule has 0 saturated carbocycles. The fraction of sp³-hybridized carbons (Fsp3) is 0.222. The Morgan fingerprint density at radius 1 is 1.57 bits per heavy atom. The fourth-order valence-corrected chi connectivity index (χ4v) is 1.63. The van der Waals surface area contributed by atoms with Crippen molar-refractivity contribution in [1.29, 1.82) is 0 Å².